The highest BCUT2D eigenvalue weighted by Crippen LogP contribution is 2.29. The SMILES string of the molecule is CCN(CC)CCNCCSc1ccc(C(F)(F)F)cn1. The van der Waals surface area contributed by atoms with E-state index in [1.165, 1.54) is 17.8 Å². The maximum absolute atomic E-state index is 12.4. The summed E-state index contributed by atoms with van der Waals surface area (Å²) in [7, 11) is 0. The Kier molecular flexibility index (Phi) is 8.06. The number of thioether (sulfide) groups is 1. The number of alkyl halides is 3. The number of pyridine rings is 1. The van der Waals surface area contributed by atoms with Gasteiger partial charge in [-0.05, 0) is 25.2 Å². The van der Waals surface area contributed by atoms with E-state index in [4.69, 9.17) is 0 Å². The fourth-order valence-corrected chi connectivity index (χ4v) is 2.51. The van der Waals surface area contributed by atoms with Gasteiger partial charge in [0, 0.05) is 31.6 Å². The molecule has 1 N–H and O–H groups in total. The van der Waals surface area contributed by atoms with E-state index in [9.17, 15) is 13.2 Å². The molecule has 7 heteroatoms. The van der Waals surface area contributed by atoms with Crippen LogP contribution in [0.25, 0.3) is 0 Å². The summed E-state index contributed by atoms with van der Waals surface area (Å²) in [5.41, 5.74) is -0.704. The molecule has 1 aromatic rings. The van der Waals surface area contributed by atoms with Crippen LogP contribution in [0.4, 0.5) is 13.2 Å². The Balaban J connectivity index is 2.18. The minimum Gasteiger partial charge on any atom is -0.315 e. The van der Waals surface area contributed by atoms with Gasteiger partial charge in [0.2, 0.25) is 0 Å². The van der Waals surface area contributed by atoms with Crippen LogP contribution in [0.1, 0.15) is 19.4 Å². The third-order valence-electron chi connectivity index (χ3n) is 3.09. The summed E-state index contributed by atoms with van der Waals surface area (Å²) in [6, 6.07) is 2.49. The third kappa shape index (κ3) is 7.15. The number of rotatable bonds is 9. The lowest BCUT2D eigenvalue weighted by atomic mass is 10.3. The lowest BCUT2D eigenvalue weighted by Gasteiger charge is -2.17. The number of hydrogen-bond donors (Lipinski definition) is 1. The maximum Gasteiger partial charge on any atom is 0.417 e. The van der Waals surface area contributed by atoms with Gasteiger partial charge < -0.3 is 10.2 Å². The standard InChI is InChI=1S/C14H22F3N3S/c1-3-20(4-2)9-7-18-8-10-21-13-6-5-12(11-19-13)14(15,16)17/h5-6,11,18H,3-4,7-10H2,1-2H3. The van der Waals surface area contributed by atoms with Gasteiger partial charge in [-0.1, -0.05) is 13.8 Å². The largest absolute Gasteiger partial charge is 0.417 e. The summed E-state index contributed by atoms with van der Waals surface area (Å²) in [4.78, 5) is 6.16. The van der Waals surface area contributed by atoms with E-state index >= 15 is 0 Å². The van der Waals surface area contributed by atoms with E-state index in [-0.39, 0.29) is 0 Å². The Morgan fingerprint density at radius 1 is 1.19 bits per heavy atom. The normalized spacial score (nSPS) is 12.1. The lowest BCUT2D eigenvalue weighted by molar-refractivity contribution is -0.137. The topological polar surface area (TPSA) is 28.2 Å². The molecule has 0 saturated carbocycles. The molecule has 120 valence electrons. The fraction of sp³-hybridized carbons (Fsp3) is 0.643. The van der Waals surface area contributed by atoms with Crippen molar-refractivity contribution < 1.29 is 13.2 Å². The van der Waals surface area contributed by atoms with Gasteiger partial charge in [0.1, 0.15) is 0 Å². The van der Waals surface area contributed by atoms with Crippen molar-refractivity contribution in [2.24, 2.45) is 0 Å². The zero-order valence-corrected chi connectivity index (χ0v) is 13.2. The van der Waals surface area contributed by atoms with Gasteiger partial charge in [0.05, 0.1) is 10.6 Å². The molecule has 0 unspecified atom stereocenters. The highest BCUT2D eigenvalue weighted by atomic mass is 32.2. The Labute approximate surface area is 128 Å². The molecule has 0 fully saturated rings. The average molecular weight is 321 g/mol. The monoisotopic (exact) mass is 321 g/mol. The van der Waals surface area contributed by atoms with Crippen molar-refractivity contribution in [1.29, 1.82) is 0 Å². The molecule has 3 nitrogen and oxygen atoms in total. The van der Waals surface area contributed by atoms with Crippen LogP contribution in [0.3, 0.4) is 0 Å². The zero-order chi connectivity index (χ0) is 15.7. The average Bonchev–Trinajstić information content (AvgIpc) is 2.46. The van der Waals surface area contributed by atoms with Crippen LogP contribution >= 0.6 is 11.8 Å². The summed E-state index contributed by atoms with van der Waals surface area (Å²) in [6.07, 6.45) is -3.43. The summed E-state index contributed by atoms with van der Waals surface area (Å²) < 4.78 is 37.1. The molecule has 0 aliphatic rings. The highest BCUT2D eigenvalue weighted by Gasteiger charge is 2.30. The molecule has 0 amide bonds. The van der Waals surface area contributed by atoms with Crippen molar-refractivity contribution in [3.63, 3.8) is 0 Å². The van der Waals surface area contributed by atoms with Gasteiger partial charge in [-0.15, -0.1) is 11.8 Å². The van der Waals surface area contributed by atoms with Gasteiger partial charge in [0.15, 0.2) is 0 Å². The second kappa shape index (κ2) is 9.27. The van der Waals surface area contributed by atoms with Gasteiger partial charge in [-0.3, -0.25) is 0 Å². The van der Waals surface area contributed by atoms with Crippen LogP contribution in [0.5, 0.6) is 0 Å². The Morgan fingerprint density at radius 3 is 2.43 bits per heavy atom. The summed E-state index contributed by atoms with van der Waals surface area (Å²) in [5, 5.41) is 3.94. The van der Waals surface area contributed by atoms with Crippen molar-refractivity contribution in [3.05, 3.63) is 23.9 Å². The Hall–Kier alpha value is -0.790. The van der Waals surface area contributed by atoms with Gasteiger partial charge in [0.25, 0.3) is 0 Å². The molecule has 0 aliphatic carbocycles. The van der Waals surface area contributed by atoms with Gasteiger partial charge in [-0.25, -0.2) is 4.98 Å². The predicted molar refractivity (Wildman–Crippen MR) is 80.6 cm³/mol. The minimum absolute atomic E-state index is 0.619. The van der Waals surface area contributed by atoms with Crippen molar-refractivity contribution >= 4 is 11.8 Å². The number of nitrogens with one attached hydrogen (secondary N) is 1. The Morgan fingerprint density at radius 2 is 1.90 bits per heavy atom. The van der Waals surface area contributed by atoms with Crippen molar-refractivity contribution in [1.82, 2.24) is 15.2 Å². The van der Waals surface area contributed by atoms with Crippen molar-refractivity contribution in [3.8, 4) is 0 Å². The molecule has 0 spiro atoms. The van der Waals surface area contributed by atoms with Crippen LogP contribution in [-0.4, -0.2) is 48.4 Å². The number of likely N-dealkylation sites (N-methyl/N-ethyl adjacent to an activating group) is 1. The zero-order valence-electron chi connectivity index (χ0n) is 12.4. The molecule has 21 heavy (non-hydrogen) atoms. The maximum atomic E-state index is 12.4. The first-order chi connectivity index (χ1) is 9.97. The van der Waals surface area contributed by atoms with E-state index in [1.54, 1.807) is 0 Å². The highest BCUT2D eigenvalue weighted by molar-refractivity contribution is 7.99. The predicted octanol–water partition coefficient (Wildman–Crippen LogP) is 3.12. The number of hydrogen-bond acceptors (Lipinski definition) is 4. The van der Waals surface area contributed by atoms with E-state index in [1.807, 2.05) is 0 Å². The minimum atomic E-state index is -4.32. The van der Waals surface area contributed by atoms with Crippen LogP contribution in [0.15, 0.2) is 23.4 Å². The summed E-state index contributed by atoms with van der Waals surface area (Å²) >= 11 is 1.46. The molecule has 1 rings (SSSR count). The molecule has 1 aromatic heterocycles. The number of aromatic nitrogens is 1. The quantitative estimate of drug-likeness (QED) is 0.559. The summed E-state index contributed by atoms with van der Waals surface area (Å²) in [6.45, 7) is 9.10. The Bertz CT molecular complexity index is 391. The molecule has 0 aromatic carbocycles. The first-order valence-electron chi connectivity index (χ1n) is 7.06. The lowest BCUT2D eigenvalue weighted by Crippen LogP contribution is -2.32. The summed E-state index contributed by atoms with van der Waals surface area (Å²) in [5.74, 6) is 0.788. The van der Waals surface area contributed by atoms with Crippen LogP contribution in [0.2, 0.25) is 0 Å². The fourth-order valence-electron chi connectivity index (χ4n) is 1.76. The molecule has 0 aliphatic heterocycles. The molecule has 0 radical (unpaired) electrons. The second-order valence-electron chi connectivity index (χ2n) is 4.51. The molecule has 0 saturated heterocycles. The first kappa shape index (κ1) is 18.3. The van der Waals surface area contributed by atoms with E-state index in [0.717, 1.165) is 50.7 Å². The smallest absolute Gasteiger partial charge is 0.315 e. The third-order valence-corrected chi connectivity index (χ3v) is 4.04. The molecular weight excluding hydrogens is 299 g/mol. The van der Waals surface area contributed by atoms with E-state index in [0.29, 0.717) is 5.03 Å². The molecule has 0 bridgehead atoms. The van der Waals surface area contributed by atoms with Gasteiger partial charge in [-0.2, -0.15) is 13.2 Å². The van der Waals surface area contributed by atoms with E-state index in [2.05, 4.69) is 29.0 Å². The molecular formula is C14H22F3N3S. The molecule has 0 atom stereocenters. The van der Waals surface area contributed by atoms with Crippen LogP contribution in [0, 0.1) is 0 Å². The van der Waals surface area contributed by atoms with Crippen LogP contribution < -0.4 is 5.32 Å². The number of nitrogens with zero attached hydrogens (tertiary/aromatic N) is 2. The van der Waals surface area contributed by atoms with Crippen LogP contribution in [-0.2, 0) is 6.18 Å². The second-order valence-corrected chi connectivity index (χ2v) is 5.62. The van der Waals surface area contributed by atoms with Gasteiger partial charge >= 0.3 is 6.18 Å². The van der Waals surface area contributed by atoms with E-state index < -0.39 is 11.7 Å². The van der Waals surface area contributed by atoms with Crippen molar-refractivity contribution in [2.45, 2.75) is 25.0 Å². The first-order valence-corrected chi connectivity index (χ1v) is 8.05. The number of halogens is 3. The molecule has 1 heterocycles. The van der Waals surface area contributed by atoms with Crippen molar-refractivity contribution in [2.75, 3.05) is 38.5 Å².